The zero-order valence-electron chi connectivity index (χ0n) is 16.9. The fourth-order valence-corrected chi connectivity index (χ4v) is 3.60. The first kappa shape index (κ1) is 20.2. The summed E-state index contributed by atoms with van der Waals surface area (Å²) in [6.45, 7) is 4.88. The lowest BCUT2D eigenvalue weighted by molar-refractivity contribution is -0.131. The average molecular weight is 424 g/mol. The highest BCUT2D eigenvalue weighted by Gasteiger charge is 2.20. The summed E-state index contributed by atoms with van der Waals surface area (Å²) in [4.78, 5) is 14.8. The lowest BCUT2D eigenvalue weighted by Crippen LogP contribution is -2.32. The van der Waals surface area contributed by atoms with E-state index in [0.717, 1.165) is 28.5 Å². The Morgan fingerprint density at radius 3 is 2.80 bits per heavy atom. The maximum atomic E-state index is 13.0. The van der Waals surface area contributed by atoms with Gasteiger partial charge in [0, 0.05) is 17.5 Å². The standard InChI is InChI=1S/C23H22ClN3O3/c1-3-10-27(13-21-25-26-23(30-21)18-6-4-5-7-19(18)24)22(28)12-16-14-29-20-11-15(2)8-9-17(16)20/h4-9,11,14H,3,10,12-13H2,1-2H3. The predicted molar refractivity (Wildman–Crippen MR) is 115 cm³/mol. The minimum absolute atomic E-state index is 0.0161. The van der Waals surface area contributed by atoms with E-state index in [0.29, 0.717) is 28.9 Å². The number of hydrogen-bond acceptors (Lipinski definition) is 5. The number of carbonyl (C=O) groups excluding carboxylic acids is 1. The Balaban J connectivity index is 1.51. The summed E-state index contributed by atoms with van der Waals surface area (Å²) >= 11 is 6.21. The second-order valence-electron chi connectivity index (χ2n) is 7.23. The molecule has 2 aromatic carbocycles. The van der Waals surface area contributed by atoms with Gasteiger partial charge in [0.1, 0.15) is 5.58 Å². The van der Waals surface area contributed by atoms with Crippen LogP contribution in [-0.4, -0.2) is 27.5 Å². The van der Waals surface area contributed by atoms with Crippen LogP contribution in [0.4, 0.5) is 0 Å². The van der Waals surface area contributed by atoms with Gasteiger partial charge in [-0.25, -0.2) is 0 Å². The second kappa shape index (κ2) is 8.71. The van der Waals surface area contributed by atoms with Crippen LogP contribution in [0.15, 0.2) is 57.6 Å². The third kappa shape index (κ3) is 4.24. The van der Waals surface area contributed by atoms with Crippen LogP contribution >= 0.6 is 11.6 Å². The molecule has 0 bridgehead atoms. The van der Waals surface area contributed by atoms with E-state index in [2.05, 4.69) is 10.2 Å². The van der Waals surface area contributed by atoms with Crippen LogP contribution in [-0.2, 0) is 17.8 Å². The van der Waals surface area contributed by atoms with E-state index in [4.69, 9.17) is 20.4 Å². The first-order valence-electron chi connectivity index (χ1n) is 9.87. The fourth-order valence-electron chi connectivity index (χ4n) is 3.39. The molecular formula is C23H22ClN3O3. The largest absolute Gasteiger partial charge is 0.464 e. The molecule has 0 aliphatic carbocycles. The van der Waals surface area contributed by atoms with Gasteiger partial charge in [0.15, 0.2) is 0 Å². The second-order valence-corrected chi connectivity index (χ2v) is 7.64. The molecule has 154 valence electrons. The van der Waals surface area contributed by atoms with Gasteiger partial charge < -0.3 is 13.7 Å². The number of nitrogens with zero attached hydrogens (tertiary/aromatic N) is 3. The quantitative estimate of drug-likeness (QED) is 0.396. The van der Waals surface area contributed by atoms with E-state index in [1.807, 2.05) is 50.2 Å². The van der Waals surface area contributed by atoms with Gasteiger partial charge in [-0.3, -0.25) is 4.79 Å². The Kier molecular flexibility index (Phi) is 5.86. The summed E-state index contributed by atoms with van der Waals surface area (Å²) in [5.74, 6) is 0.702. The molecule has 7 heteroatoms. The van der Waals surface area contributed by atoms with Gasteiger partial charge in [0.25, 0.3) is 0 Å². The zero-order chi connectivity index (χ0) is 21.1. The molecule has 1 amide bonds. The van der Waals surface area contributed by atoms with Crippen molar-refractivity contribution in [2.24, 2.45) is 0 Å². The van der Waals surface area contributed by atoms with Crippen LogP contribution < -0.4 is 0 Å². The number of rotatable bonds is 7. The Morgan fingerprint density at radius 2 is 2.00 bits per heavy atom. The molecule has 0 N–H and O–H groups in total. The van der Waals surface area contributed by atoms with E-state index < -0.39 is 0 Å². The van der Waals surface area contributed by atoms with Crippen molar-refractivity contribution in [1.82, 2.24) is 15.1 Å². The SMILES string of the molecule is CCCN(Cc1nnc(-c2ccccc2Cl)o1)C(=O)Cc1coc2cc(C)ccc12. The molecule has 0 aliphatic rings. The molecule has 6 nitrogen and oxygen atoms in total. The van der Waals surface area contributed by atoms with Gasteiger partial charge in [0.2, 0.25) is 17.7 Å². The highest BCUT2D eigenvalue weighted by molar-refractivity contribution is 6.33. The Labute approximate surface area is 179 Å². The fraction of sp³-hybridized carbons (Fsp3) is 0.261. The van der Waals surface area contributed by atoms with Crippen molar-refractivity contribution in [3.8, 4) is 11.5 Å². The Morgan fingerprint density at radius 1 is 1.17 bits per heavy atom. The molecule has 0 saturated carbocycles. The number of fused-ring (bicyclic) bond motifs is 1. The summed E-state index contributed by atoms with van der Waals surface area (Å²) < 4.78 is 11.4. The minimum Gasteiger partial charge on any atom is -0.464 e. The summed E-state index contributed by atoms with van der Waals surface area (Å²) in [6.07, 6.45) is 2.73. The predicted octanol–water partition coefficient (Wildman–Crippen LogP) is 5.43. The van der Waals surface area contributed by atoms with Crippen LogP contribution in [0.3, 0.4) is 0 Å². The molecule has 2 heterocycles. The molecule has 30 heavy (non-hydrogen) atoms. The van der Waals surface area contributed by atoms with E-state index >= 15 is 0 Å². The van der Waals surface area contributed by atoms with Crippen molar-refractivity contribution < 1.29 is 13.6 Å². The van der Waals surface area contributed by atoms with Gasteiger partial charge in [-0.1, -0.05) is 42.8 Å². The van der Waals surface area contributed by atoms with E-state index in [9.17, 15) is 4.79 Å². The van der Waals surface area contributed by atoms with Gasteiger partial charge in [-0.05, 0) is 37.1 Å². The molecular weight excluding hydrogens is 402 g/mol. The normalized spacial score (nSPS) is 11.2. The molecule has 0 saturated heterocycles. The summed E-state index contributed by atoms with van der Waals surface area (Å²) in [6, 6.07) is 13.3. The maximum absolute atomic E-state index is 13.0. The number of halogens is 1. The van der Waals surface area contributed by atoms with Gasteiger partial charge in [0.05, 0.1) is 29.8 Å². The van der Waals surface area contributed by atoms with Gasteiger partial charge >= 0.3 is 0 Å². The number of carbonyl (C=O) groups is 1. The van der Waals surface area contributed by atoms with E-state index in [1.54, 1.807) is 17.2 Å². The first-order chi connectivity index (χ1) is 14.5. The van der Waals surface area contributed by atoms with Gasteiger partial charge in [-0.2, -0.15) is 0 Å². The summed E-state index contributed by atoms with van der Waals surface area (Å²) in [5, 5.41) is 9.70. The molecule has 4 aromatic rings. The van der Waals surface area contributed by atoms with Crippen LogP contribution in [0.2, 0.25) is 5.02 Å². The maximum Gasteiger partial charge on any atom is 0.249 e. The molecule has 0 unspecified atom stereocenters. The lowest BCUT2D eigenvalue weighted by Gasteiger charge is -2.20. The van der Waals surface area contributed by atoms with Gasteiger partial charge in [-0.15, -0.1) is 10.2 Å². The van der Waals surface area contributed by atoms with Crippen LogP contribution in [0.25, 0.3) is 22.4 Å². The summed E-state index contributed by atoms with van der Waals surface area (Å²) in [7, 11) is 0. The third-order valence-electron chi connectivity index (χ3n) is 4.90. The van der Waals surface area contributed by atoms with Crippen molar-refractivity contribution in [3.63, 3.8) is 0 Å². The highest BCUT2D eigenvalue weighted by atomic mass is 35.5. The number of hydrogen-bond donors (Lipinski definition) is 0. The molecule has 0 aliphatic heterocycles. The van der Waals surface area contributed by atoms with Crippen molar-refractivity contribution in [2.75, 3.05) is 6.54 Å². The first-order valence-corrected chi connectivity index (χ1v) is 10.2. The highest BCUT2D eigenvalue weighted by Crippen LogP contribution is 2.27. The molecule has 0 radical (unpaired) electrons. The molecule has 0 atom stereocenters. The monoisotopic (exact) mass is 423 g/mol. The summed E-state index contributed by atoms with van der Waals surface area (Å²) in [5.41, 5.74) is 3.46. The van der Waals surface area contributed by atoms with Crippen LogP contribution in [0, 0.1) is 6.92 Å². The Bertz CT molecular complexity index is 1180. The van der Waals surface area contributed by atoms with E-state index in [-0.39, 0.29) is 18.9 Å². The van der Waals surface area contributed by atoms with Crippen molar-refractivity contribution in [1.29, 1.82) is 0 Å². The average Bonchev–Trinajstić information content (AvgIpc) is 3.35. The zero-order valence-corrected chi connectivity index (χ0v) is 17.6. The third-order valence-corrected chi connectivity index (χ3v) is 5.23. The number of aryl methyl sites for hydroxylation is 1. The van der Waals surface area contributed by atoms with Crippen LogP contribution in [0.1, 0.15) is 30.4 Å². The number of amides is 1. The number of benzene rings is 2. The topological polar surface area (TPSA) is 72.4 Å². The van der Waals surface area contributed by atoms with Crippen molar-refractivity contribution >= 4 is 28.5 Å². The van der Waals surface area contributed by atoms with Crippen molar-refractivity contribution in [2.45, 2.75) is 33.2 Å². The molecule has 0 spiro atoms. The Hall–Kier alpha value is -3.12. The van der Waals surface area contributed by atoms with E-state index in [1.165, 1.54) is 0 Å². The smallest absolute Gasteiger partial charge is 0.249 e. The lowest BCUT2D eigenvalue weighted by atomic mass is 10.1. The molecule has 0 fully saturated rings. The minimum atomic E-state index is -0.0161. The van der Waals surface area contributed by atoms with Crippen LogP contribution in [0.5, 0.6) is 0 Å². The molecule has 2 aromatic heterocycles. The number of furan rings is 1. The molecule has 4 rings (SSSR count). The number of aromatic nitrogens is 2. The van der Waals surface area contributed by atoms with Crippen molar-refractivity contribution in [3.05, 3.63) is 70.8 Å².